The summed E-state index contributed by atoms with van der Waals surface area (Å²) in [6.07, 6.45) is 3.72. The molecule has 1 N–H and O–H groups in total. The Balaban J connectivity index is 0.00000108. The Morgan fingerprint density at radius 1 is 1.29 bits per heavy atom. The van der Waals surface area contributed by atoms with E-state index in [-0.39, 0.29) is 12.4 Å². The molecule has 2 aromatic rings. The van der Waals surface area contributed by atoms with Crippen molar-refractivity contribution in [2.75, 3.05) is 13.1 Å². The second-order valence-corrected chi connectivity index (χ2v) is 3.96. The molecular formula is C11H14ClN3O2. The number of hydrogen-bond acceptors (Lipinski definition) is 5. The Labute approximate surface area is 105 Å². The number of hydrogen-bond donors (Lipinski definition) is 1. The highest BCUT2D eigenvalue weighted by Gasteiger charge is 2.22. The quantitative estimate of drug-likeness (QED) is 0.891. The molecule has 0 atom stereocenters. The van der Waals surface area contributed by atoms with Crippen LogP contribution in [0.3, 0.4) is 0 Å². The fourth-order valence-electron chi connectivity index (χ4n) is 1.98. The first kappa shape index (κ1) is 12.1. The minimum Gasteiger partial charge on any atom is -0.461 e. The first-order valence-corrected chi connectivity index (χ1v) is 5.51. The lowest BCUT2D eigenvalue weighted by molar-refractivity contribution is 0.320. The maximum absolute atomic E-state index is 5.28. The Morgan fingerprint density at radius 3 is 2.82 bits per heavy atom. The minimum atomic E-state index is 0. The summed E-state index contributed by atoms with van der Waals surface area (Å²) in [7, 11) is 0. The van der Waals surface area contributed by atoms with Crippen LogP contribution in [0.1, 0.15) is 24.7 Å². The Bertz CT molecular complexity index is 449. The van der Waals surface area contributed by atoms with E-state index in [4.69, 9.17) is 8.94 Å². The van der Waals surface area contributed by atoms with Gasteiger partial charge < -0.3 is 14.3 Å². The first-order valence-electron chi connectivity index (χ1n) is 5.51. The molecule has 2 aromatic heterocycles. The molecule has 1 aliphatic heterocycles. The van der Waals surface area contributed by atoms with Crippen molar-refractivity contribution < 1.29 is 8.94 Å². The molecule has 0 aromatic carbocycles. The smallest absolute Gasteiger partial charge is 0.238 e. The third kappa shape index (κ3) is 2.50. The zero-order chi connectivity index (χ0) is 10.8. The van der Waals surface area contributed by atoms with Gasteiger partial charge in [-0.1, -0.05) is 5.16 Å². The second kappa shape index (κ2) is 5.33. The van der Waals surface area contributed by atoms with Gasteiger partial charge in [-0.25, -0.2) is 0 Å². The SMILES string of the molecule is Cl.c1coc(-c2noc(C3CCNCC3)n2)c1. The van der Waals surface area contributed by atoms with Gasteiger partial charge in [-0.15, -0.1) is 12.4 Å². The minimum absolute atomic E-state index is 0. The lowest BCUT2D eigenvalue weighted by Gasteiger charge is -2.18. The summed E-state index contributed by atoms with van der Waals surface area (Å²) in [4.78, 5) is 4.38. The van der Waals surface area contributed by atoms with E-state index in [9.17, 15) is 0 Å². The molecule has 0 unspecified atom stereocenters. The normalized spacial score (nSPS) is 16.7. The van der Waals surface area contributed by atoms with Gasteiger partial charge in [0.15, 0.2) is 5.76 Å². The van der Waals surface area contributed by atoms with Crippen molar-refractivity contribution in [3.63, 3.8) is 0 Å². The fraction of sp³-hybridized carbons (Fsp3) is 0.455. The largest absolute Gasteiger partial charge is 0.461 e. The van der Waals surface area contributed by atoms with Crippen molar-refractivity contribution in [2.45, 2.75) is 18.8 Å². The van der Waals surface area contributed by atoms with Crippen LogP contribution in [0.5, 0.6) is 0 Å². The highest BCUT2D eigenvalue weighted by atomic mass is 35.5. The molecule has 0 aliphatic carbocycles. The third-order valence-corrected chi connectivity index (χ3v) is 2.87. The summed E-state index contributed by atoms with van der Waals surface area (Å²) >= 11 is 0. The van der Waals surface area contributed by atoms with E-state index in [1.54, 1.807) is 6.26 Å². The summed E-state index contributed by atoms with van der Waals surface area (Å²) in [5.74, 6) is 2.31. The Morgan fingerprint density at radius 2 is 2.12 bits per heavy atom. The van der Waals surface area contributed by atoms with E-state index >= 15 is 0 Å². The van der Waals surface area contributed by atoms with Crippen LogP contribution in [0.25, 0.3) is 11.6 Å². The van der Waals surface area contributed by atoms with Gasteiger partial charge in [-0.2, -0.15) is 4.98 Å². The summed E-state index contributed by atoms with van der Waals surface area (Å²) in [6, 6.07) is 3.65. The van der Waals surface area contributed by atoms with Gasteiger partial charge in [0.1, 0.15) is 0 Å². The molecule has 0 bridgehead atoms. The molecule has 0 radical (unpaired) electrons. The average Bonchev–Trinajstić information content (AvgIpc) is 3.01. The molecule has 0 spiro atoms. The van der Waals surface area contributed by atoms with Gasteiger partial charge in [-0.3, -0.25) is 0 Å². The number of aromatic nitrogens is 2. The van der Waals surface area contributed by atoms with Crippen LogP contribution in [-0.4, -0.2) is 23.2 Å². The lowest BCUT2D eigenvalue weighted by Crippen LogP contribution is -2.26. The van der Waals surface area contributed by atoms with Crippen molar-refractivity contribution in [1.29, 1.82) is 0 Å². The summed E-state index contributed by atoms with van der Waals surface area (Å²) in [6.45, 7) is 2.03. The van der Waals surface area contributed by atoms with Crippen LogP contribution in [0, 0.1) is 0 Å². The van der Waals surface area contributed by atoms with Crippen LogP contribution in [0.4, 0.5) is 0 Å². The van der Waals surface area contributed by atoms with Crippen molar-refractivity contribution in [3.8, 4) is 11.6 Å². The predicted molar refractivity (Wildman–Crippen MR) is 64.1 cm³/mol. The van der Waals surface area contributed by atoms with Crippen LogP contribution in [0.2, 0.25) is 0 Å². The highest BCUT2D eigenvalue weighted by Crippen LogP contribution is 2.25. The first-order chi connectivity index (χ1) is 7.93. The number of furan rings is 1. The van der Waals surface area contributed by atoms with E-state index < -0.39 is 0 Å². The summed E-state index contributed by atoms with van der Waals surface area (Å²) in [5.41, 5.74) is 0. The van der Waals surface area contributed by atoms with E-state index in [1.165, 1.54) is 0 Å². The van der Waals surface area contributed by atoms with Gasteiger partial charge >= 0.3 is 0 Å². The van der Waals surface area contributed by atoms with Crippen LogP contribution >= 0.6 is 12.4 Å². The van der Waals surface area contributed by atoms with E-state index in [2.05, 4.69) is 15.5 Å². The topological polar surface area (TPSA) is 64.1 Å². The molecule has 92 valence electrons. The average molecular weight is 256 g/mol. The number of nitrogens with one attached hydrogen (secondary N) is 1. The molecule has 1 saturated heterocycles. The van der Waals surface area contributed by atoms with Crippen LogP contribution in [-0.2, 0) is 0 Å². The standard InChI is InChI=1S/C11H13N3O2.ClH/c1-2-9(15-7-1)10-13-11(16-14-10)8-3-5-12-6-4-8;/h1-2,7-8,12H,3-6H2;1H. The van der Waals surface area contributed by atoms with Crippen molar-refractivity contribution in [1.82, 2.24) is 15.5 Å². The zero-order valence-electron chi connectivity index (χ0n) is 9.26. The molecule has 3 rings (SSSR count). The van der Waals surface area contributed by atoms with Gasteiger partial charge in [0.25, 0.3) is 0 Å². The van der Waals surface area contributed by atoms with Crippen LogP contribution in [0.15, 0.2) is 27.3 Å². The van der Waals surface area contributed by atoms with Gasteiger partial charge in [0, 0.05) is 5.92 Å². The highest BCUT2D eigenvalue weighted by molar-refractivity contribution is 5.85. The second-order valence-electron chi connectivity index (χ2n) is 3.96. The van der Waals surface area contributed by atoms with Gasteiger partial charge in [-0.05, 0) is 38.1 Å². The lowest BCUT2D eigenvalue weighted by atomic mass is 9.98. The molecule has 3 heterocycles. The van der Waals surface area contributed by atoms with Crippen molar-refractivity contribution in [2.24, 2.45) is 0 Å². The molecule has 5 nitrogen and oxygen atoms in total. The summed E-state index contributed by atoms with van der Waals surface area (Å²) < 4.78 is 10.5. The third-order valence-electron chi connectivity index (χ3n) is 2.87. The number of halogens is 1. The van der Waals surface area contributed by atoms with Crippen molar-refractivity contribution >= 4 is 12.4 Å². The maximum atomic E-state index is 5.28. The van der Waals surface area contributed by atoms with E-state index in [1.807, 2.05) is 12.1 Å². The molecule has 0 saturated carbocycles. The number of nitrogens with zero attached hydrogens (tertiary/aromatic N) is 2. The van der Waals surface area contributed by atoms with E-state index in [0.29, 0.717) is 17.5 Å². The fourth-order valence-corrected chi connectivity index (χ4v) is 1.98. The molecular weight excluding hydrogens is 242 g/mol. The molecule has 1 fully saturated rings. The molecule has 17 heavy (non-hydrogen) atoms. The predicted octanol–water partition coefficient (Wildman–Crippen LogP) is 2.22. The molecule has 1 aliphatic rings. The maximum Gasteiger partial charge on any atom is 0.238 e. The molecule has 0 amide bonds. The monoisotopic (exact) mass is 255 g/mol. The van der Waals surface area contributed by atoms with Gasteiger partial charge in [0.2, 0.25) is 11.7 Å². The van der Waals surface area contributed by atoms with Gasteiger partial charge in [0.05, 0.1) is 6.26 Å². The van der Waals surface area contributed by atoms with E-state index in [0.717, 1.165) is 31.8 Å². The number of rotatable bonds is 2. The van der Waals surface area contributed by atoms with Crippen LogP contribution < -0.4 is 5.32 Å². The van der Waals surface area contributed by atoms with Crippen molar-refractivity contribution in [3.05, 3.63) is 24.3 Å². The molecule has 6 heteroatoms. The number of piperidine rings is 1. The summed E-state index contributed by atoms with van der Waals surface area (Å²) in [5, 5.41) is 7.24. The Hall–Kier alpha value is -1.33. The zero-order valence-corrected chi connectivity index (χ0v) is 10.1. The Kier molecular flexibility index (Phi) is 3.81.